The third-order valence-corrected chi connectivity index (χ3v) is 8.87. The summed E-state index contributed by atoms with van der Waals surface area (Å²) in [6.07, 6.45) is 37.8. The van der Waals surface area contributed by atoms with Crippen LogP contribution >= 0.6 is 0 Å². The first kappa shape index (κ1) is 34.0. The molecule has 0 radical (unpaired) electrons. The van der Waals surface area contributed by atoms with Gasteiger partial charge in [0.25, 0.3) is 0 Å². The lowest BCUT2D eigenvalue weighted by atomic mass is 9.59. The van der Waals surface area contributed by atoms with E-state index >= 15 is 0 Å². The molecule has 0 aliphatic rings. The first-order chi connectivity index (χ1) is 16.4. The van der Waals surface area contributed by atoms with Crippen LogP contribution in [0.25, 0.3) is 0 Å². The molecule has 34 heavy (non-hydrogen) atoms. The van der Waals surface area contributed by atoms with Crippen LogP contribution in [0.15, 0.2) is 0 Å². The van der Waals surface area contributed by atoms with E-state index in [1.165, 1.54) is 167 Å². The number of rotatable bonds is 26. The Labute approximate surface area is 219 Å². The number of unbranched alkanes of at least 4 members (excludes halogenated alkanes) is 20. The predicted molar refractivity (Wildman–Crippen MR) is 159 cm³/mol. The zero-order valence-corrected chi connectivity index (χ0v) is 25.4. The van der Waals surface area contributed by atoms with Crippen molar-refractivity contribution in [1.82, 2.24) is 0 Å². The topological polar surface area (TPSA) is 0 Å². The Kier molecular flexibility index (Phi) is 23.4. The van der Waals surface area contributed by atoms with Gasteiger partial charge in [-0.1, -0.05) is 189 Å². The van der Waals surface area contributed by atoms with Crippen molar-refractivity contribution < 1.29 is 0 Å². The molecule has 0 aromatic heterocycles. The summed E-state index contributed by atoms with van der Waals surface area (Å²) in [5, 5.41) is 0. The second-order valence-corrected chi connectivity index (χ2v) is 12.9. The average Bonchev–Trinajstić information content (AvgIpc) is 2.80. The van der Waals surface area contributed by atoms with Gasteiger partial charge in [-0.25, -0.2) is 0 Å². The molecule has 0 bridgehead atoms. The maximum atomic E-state index is 2.57. The predicted octanol–water partition coefficient (Wildman–Crippen LogP) is 13.2. The second-order valence-electron chi connectivity index (χ2n) is 12.9. The van der Waals surface area contributed by atoms with Gasteiger partial charge in [0.1, 0.15) is 0 Å². The summed E-state index contributed by atoms with van der Waals surface area (Å²) in [6, 6.07) is 0. The van der Waals surface area contributed by atoms with Gasteiger partial charge >= 0.3 is 0 Å². The monoisotopic (exact) mass is 479 g/mol. The molecule has 0 saturated carbocycles. The molecule has 0 rings (SSSR count). The lowest BCUT2D eigenvalue weighted by Gasteiger charge is -2.46. The average molecular weight is 479 g/mol. The van der Waals surface area contributed by atoms with Crippen LogP contribution in [-0.4, -0.2) is 0 Å². The van der Waals surface area contributed by atoms with E-state index < -0.39 is 0 Å². The van der Waals surface area contributed by atoms with Crippen molar-refractivity contribution in [3.05, 3.63) is 0 Å². The quantitative estimate of drug-likeness (QED) is 0.108. The summed E-state index contributed by atoms with van der Waals surface area (Å²) in [7, 11) is 0. The third-order valence-electron chi connectivity index (χ3n) is 8.87. The van der Waals surface area contributed by atoms with Gasteiger partial charge < -0.3 is 0 Å². The fraction of sp³-hybridized carbons (Fsp3) is 1.00. The van der Waals surface area contributed by atoms with Crippen LogP contribution < -0.4 is 0 Å². The van der Waals surface area contributed by atoms with Gasteiger partial charge in [-0.3, -0.25) is 0 Å². The van der Waals surface area contributed by atoms with E-state index in [0.29, 0.717) is 10.8 Å². The molecule has 206 valence electrons. The molecule has 0 unspecified atom stereocenters. The van der Waals surface area contributed by atoms with E-state index in [1.54, 1.807) is 0 Å². The van der Waals surface area contributed by atoms with E-state index in [1.807, 2.05) is 0 Å². The molecule has 0 heterocycles. The minimum Gasteiger partial charge on any atom is -0.0654 e. The van der Waals surface area contributed by atoms with Gasteiger partial charge in [-0.15, -0.1) is 0 Å². The summed E-state index contributed by atoms with van der Waals surface area (Å²) >= 11 is 0. The Hall–Kier alpha value is 0. The van der Waals surface area contributed by atoms with Gasteiger partial charge in [-0.05, 0) is 30.1 Å². The maximum absolute atomic E-state index is 2.57. The standard InChI is InChI=1S/C34H70/c1-7-10-13-16-19-22-25-28-31-34(33(4,5)6,30-27-24-21-18-15-12-9-3)32-29-26-23-20-17-14-11-8-2/h7-32H2,1-6H3. The van der Waals surface area contributed by atoms with Crippen LogP contribution in [-0.2, 0) is 0 Å². The van der Waals surface area contributed by atoms with Crippen LogP contribution in [0.3, 0.4) is 0 Å². The van der Waals surface area contributed by atoms with E-state index in [2.05, 4.69) is 41.5 Å². The van der Waals surface area contributed by atoms with Gasteiger partial charge in [0, 0.05) is 0 Å². The summed E-state index contributed by atoms with van der Waals surface area (Å²) in [5.74, 6) is 0. The Morgan fingerprint density at radius 3 is 0.706 bits per heavy atom. The molecule has 0 nitrogen and oxygen atoms in total. The zero-order chi connectivity index (χ0) is 25.4. The molecule has 0 fully saturated rings. The van der Waals surface area contributed by atoms with Crippen molar-refractivity contribution in [2.75, 3.05) is 0 Å². The number of hydrogen-bond acceptors (Lipinski definition) is 0. The van der Waals surface area contributed by atoms with E-state index in [9.17, 15) is 0 Å². The highest BCUT2D eigenvalue weighted by atomic mass is 14.4. The van der Waals surface area contributed by atoms with Crippen molar-refractivity contribution in [3.63, 3.8) is 0 Å². The molecule has 0 aliphatic carbocycles. The highest BCUT2D eigenvalue weighted by Gasteiger charge is 2.39. The molecule has 0 amide bonds. The molecular weight excluding hydrogens is 408 g/mol. The van der Waals surface area contributed by atoms with E-state index in [0.717, 1.165) is 0 Å². The van der Waals surface area contributed by atoms with Crippen molar-refractivity contribution >= 4 is 0 Å². The first-order valence-electron chi connectivity index (χ1n) is 16.4. The van der Waals surface area contributed by atoms with Crippen LogP contribution in [0.2, 0.25) is 0 Å². The molecular formula is C34H70. The van der Waals surface area contributed by atoms with Crippen molar-refractivity contribution in [3.8, 4) is 0 Å². The third kappa shape index (κ3) is 18.3. The minimum atomic E-state index is 0.442. The second kappa shape index (κ2) is 23.4. The summed E-state index contributed by atoms with van der Waals surface area (Å²) in [5.41, 5.74) is 1.01. The Morgan fingerprint density at radius 2 is 0.500 bits per heavy atom. The summed E-state index contributed by atoms with van der Waals surface area (Å²) < 4.78 is 0. The van der Waals surface area contributed by atoms with Gasteiger partial charge in [0.2, 0.25) is 0 Å². The normalized spacial score (nSPS) is 12.5. The number of hydrogen-bond donors (Lipinski definition) is 0. The molecule has 0 aromatic carbocycles. The fourth-order valence-electron chi connectivity index (χ4n) is 6.12. The Bertz CT molecular complexity index is 367. The first-order valence-corrected chi connectivity index (χ1v) is 16.4. The zero-order valence-electron chi connectivity index (χ0n) is 25.4. The Balaban J connectivity index is 4.61. The SMILES string of the molecule is CCCCCCCCCCC(CCCCCCCCC)(CCCCCCCCCC)C(C)(C)C. The van der Waals surface area contributed by atoms with Gasteiger partial charge in [0.15, 0.2) is 0 Å². The lowest BCUT2D eigenvalue weighted by molar-refractivity contribution is 0.0426. The highest BCUT2D eigenvalue weighted by molar-refractivity contribution is 4.90. The molecule has 0 heteroatoms. The lowest BCUT2D eigenvalue weighted by Crippen LogP contribution is -2.36. The highest BCUT2D eigenvalue weighted by Crippen LogP contribution is 2.50. The largest absolute Gasteiger partial charge is 0.0654 e. The van der Waals surface area contributed by atoms with Crippen molar-refractivity contribution in [2.24, 2.45) is 10.8 Å². The molecule has 0 aromatic rings. The van der Waals surface area contributed by atoms with E-state index in [-0.39, 0.29) is 0 Å². The van der Waals surface area contributed by atoms with Crippen LogP contribution in [0, 0.1) is 10.8 Å². The van der Waals surface area contributed by atoms with Crippen LogP contribution in [0.4, 0.5) is 0 Å². The molecule has 0 saturated heterocycles. The van der Waals surface area contributed by atoms with Crippen molar-refractivity contribution in [1.29, 1.82) is 0 Å². The van der Waals surface area contributed by atoms with Crippen LogP contribution in [0.1, 0.15) is 208 Å². The minimum absolute atomic E-state index is 0.442. The molecule has 0 spiro atoms. The van der Waals surface area contributed by atoms with Crippen molar-refractivity contribution in [2.45, 2.75) is 208 Å². The smallest absolute Gasteiger partial charge is 0.0249 e. The summed E-state index contributed by atoms with van der Waals surface area (Å²) in [6.45, 7) is 14.7. The van der Waals surface area contributed by atoms with Crippen LogP contribution in [0.5, 0.6) is 0 Å². The fourth-order valence-corrected chi connectivity index (χ4v) is 6.12. The van der Waals surface area contributed by atoms with E-state index in [4.69, 9.17) is 0 Å². The Morgan fingerprint density at radius 1 is 0.294 bits per heavy atom. The molecule has 0 N–H and O–H groups in total. The molecule has 0 atom stereocenters. The summed E-state index contributed by atoms with van der Waals surface area (Å²) in [4.78, 5) is 0. The maximum Gasteiger partial charge on any atom is -0.0249 e. The van der Waals surface area contributed by atoms with Gasteiger partial charge in [-0.2, -0.15) is 0 Å². The van der Waals surface area contributed by atoms with Gasteiger partial charge in [0.05, 0.1) is 0 Å². The molecule has 0 aliphatic heterocycles.